The first-order valence-electron chi connectivity index (χ1n) is 11.0. The number of hydrogen-bond donors (Lipinski definition) is 0. The Morgan fingerprint density at radius 3 is 0.926 bits per heavy atom. The van der Waals surface area contributed by atoms with Gasteiger partial charge in [-0.2, -0.15) is 0 Å². The molecule has 1 aromatic carbocycles. The molecule has 1 aliphatic rings. The van der Waals surface area contributed by atoms with Gasteiger partial charge in [0.25, 0.3) is 0 Å². The van der Waals surface area contributed by atoms with Crippen molar-refractivity contribution in [1.29, 1.82) is 0 Å². The van der Waals surface area contributed by atoms with Crippen LogP contribution in [0.25, 0.3) is 0 Å². The van der Waals surface area contributed by atoms with Crippen LogP contribution in [0, 0.1) is 22.7 Å². The lowest BCUT2D eigenvalue weighted by molar-refractivity contribution is 0.197. The van der Waals surface area contributed by atoms with Gasteiger partial charge >= 0.3 is 0 Å². The summed E-state index contributed by atoms with van der Waals surface area (Å²) < 4.78 is 0. The molecule has 0 aliphatic heterocycles. The second-order valence-electron chi connectivity index (χ2n) is 13.0. The van der Waals surface area contributed by atoms with Gasteiger partial charge < -0.3 is 0 Å². The van der Waals surface area contributed by atoms with Gasteiger partial charge in [0.1, 0.15) is 0 Å². The van der Waals surface area contributed by atoms with Crippen LogP contribution in [-0.4, -0.2) is 0 Å². The standard InChI is InChI=1S/C14H22.C13H26/c1-13(2,3)11-7-9-12(10-8-11)14(4,5)6;1-12(2,3)10-7-8-11(9-10)13(4,5)6/h7-10H,1-6H3;10-11H,7-9H2,1-6H3. The molecule has 2 unspecified atom stereocenters. The monoisotopic (exact) mass is 372 g/mol. The van der Waals surface area contributed by atoms with Gasteiger partial charge in [0.2, 0.25) is 0 Å². The fraction of sp³-hybridized carbons (Fsp3) is 0.778. The molecule has 2 rings (SSSR count). The van der Waals surface area contributed by atoms with Crippen LogP contribution in [0.3, 0.4) is 0 Å². The van der Waals surface area contributed by atoms with E-state index in [4.69, 9.17) is 0 Å². The Hall–Kier alpha value is -0.780. The second-order valence-corrected chi connectivity index (χ2v) is 13.0. The first-order chi connectivity index (χ1) is 11.9. The Balaban J connectivity index is 0.000000271. The van der Waals surface area contributed by atoms with E-state index in [1.165, 1.54) is 30.4 Å². The van der Waals surface area contributed by atoms with E-state index in [0.717, 1.165) is 11.8 Å². The van der Waals surface area contributed by atoms with Crippen molar-refractivity contribution in [2.24, 2.45) is 22.7 Å². The molecule has 1 fully saturated rings. The summed E-state index contributed by atoms with van der Waals surface area (Å²) in [5, 5.41) is 0. The summed E-state index contributed by atoms with van der Waals surface area (Å²) in [6, 6.07) is 9.00. The molecule has 0 heterocycles. The molecule has 27 heavy (non-hydrogen) atoms. The molecule has 0 bridgehead atoms. The first-order valence-corrected chi connectivity index (χ1v) is 11.0. The molecule has 2 atom stereocenters. The summed E-state index contributed by atoms with van der Waals surface area (Å²) in [6.07, 6.45) is 4.35. The van der Waals surface area contributed by atoms with Crippen LogP contribution in [0.15, 0.2) is 24.3 Å². The zero-order valence-corrected chi connectivity index (χ0v) is 20.6. The molecule has 0 radical (unpaired) electrons. The molecule has 0 N–H and O–H groups in total. The van der Waals surface area contributed by atoms with Gasteiger partial charge in [-0.15, -0.1) is 0 Å². The smallest absolute Gasteiger partial charge is 0.0132 e. The second kappa shape index (κ2) is 8.30. The molecule has 0 saturated heterocycles. The molecule has 0 nitrogen and oxygen atoms in total. The van der Waals surface area contributed by atoms with Crippen molar-refractivity contribution in [3.63, 3.8) is 0 Å². The fourth-order valence-electron chi connectivity index (χ4n) is 4.02. The van der Waals surface area contributed by atoms with E-state index < -0.39 is 0 Å². The summed E-state index contributed by atoms with van der Waals surface area (Å²) in [4.78, 5) is 0. The summed E-state index contributed by atoms with van der Waals surface area (Å²) in [5.74, 6) is 1.91. The Morgan fingerprint density at radius 2 is 0.778 bits per heavy atom. The molecule has 0 aromatic heterocycles. The Bertz CT molecular complexity index is 508. The summed E-state index contributed by atoms with van der Waals surface area (Å²) >= 11 is 0. The van der Waals surface area contributed by atoms with Crippen molar-refractivity contribution in [3.05, 3.63) is 35.4 Å². The zero-order chi connectivity index (χ0) is 21.3. The molecule has 1 aromatic rings. The molecular formula is C27H48. The third-order valence-corrected chi connectivity index (χ3v) is 6.50. The Labute approximate surface area is 171 Å². The first kappa shape index (κ1) is 24.3. The van der Waals surface area contributed by atoms with Crippen molar-refractivity contribution in [2.45, 2.75) is 113 Å². The molecule has 0 amide bonds. The average Bonchev–Trinajstić information content (AvgIpc) is 2.96. The number of rotatable bonds is 0. The SMILES string of the molecule is CC(C)(C)C1CCC(C(C)(C)C)C1.CC(C)(C)c1ccc(C(C)(C)C)cc1. The van der Waals surface area contributed by atoms with Gasteiger partial charge in [0.15, 0.2) is 0 Å². The molecule has 1 aliphatic carbocycles. The Kier molecular flexibility index (Phi) is 7.46. The van der Waals surface area contributed by atoms with Crippen LogP contribution in [-0.2, 0) is 10.8 Å². The molecular weight excluding hydrogens is 324 g/mol. The quantitative estimate of drug-likeness (QED) is 0.427. The maximum absolute atomic E-state index is 2.39. The topological polar surface area (TPSA) is 0 Å². The Morgan fingerprint density at radius 1 is 0.519 bits per heavy atom. The molecule has 156 valence electrons. The highest BCUT2D eigenvalue weighted by Gasteiger charge is 2.37. The lowest BCUT2D eigenvalue weighted by Crippen LogP contribution is -2.21. The fourth-order valence-corrected chi connectivity index (χ4v) is 4.02. The van der Waals surface area contributed by atoms with Crippen LogP contribution < -0.4 is 0 Å². The highest BCUT2D eigenvalue weighted by atomic mass is 14.4. The van der Waals surface area contributed by atoms with Crippen LogP contribution in [0.1, 0.15) is 113 Å². The highest BCUT2D eigenvalue weighted by Crippen LogP contribution is 2.48. The predicted molar refractivity (Wildman–Crippen MR) is 124 cm³/mol. The maximum atomic E-state index is 2.39. The lowest BCUT2D eigenvalue weighted by Gasteiger charge is -2.30. The van der Waals surface area contributed by atoms with Gasteiger partial charge in [-0.05, 0) is 63.9 Å². The summed E-state index contributed by atoms with van der Waals surface area (Å²) in [5.41, 5.74) is 4.39. The van der Waals surface area contributed by atoms with Gasteiger partial charge in [-0.25, -0.2) is 0 Å². The highest BCUT2D eigenvalue weighted by molar-refractivity contribution is 5.30. The van der Waals surface area contributed by atoms with E-state index >= 15 is 0 Å². The maximum Gasteiger partial charge on any atom is -0.0132 e. The van der Waals surface area contributed by atoms with Crippen molar-refractivity contribution in [1.82, 2.24) is 0 Å². The van der Waals surface area contributed by atoms with E-state index in [1.54, 1.807) is 0 Å². The van der Waals surface area contributed by atoms with E-state index in [2.05, 4.69) is 107 Å². The zero-order valence-electron chi connectivity index (χ0n) is 20.6. The van der Waals surface area contributed by atoms with Gasteiger partial charge in [0, 0.05) is 0 Å². The normalized spacial score (nSPS) is 21.6. The number of hydrogen-bond acceptors (Lipinski definition) is 0. The van der Waals surface area contributed by atoms with Crippen LogP contribution in [0.4, 0.5) is 0 Å². The van der Waals surface area contributed by atoms with E-state index in [0.29, 0.717) is 10.8 Å². The largest absolute Gasteiger partial charge is 0.0599 e. The predicted octanol–water partition coefficient (Wildman–Crippen LogP) is 8.78. The summed E-state index contributed by atoms with van der Waals surface area (Å²) in [7, 11) is 0. The van der Waals surface area contributed by atoms with Gasteiger partial charge in [-0.1, -0.05) is 107 Å². The van der Waals surface area contributed by atoms with E-state index in [-0.39, 0.29) is 10.8 Å². The van der Waals surface area contributed by atoms with Crippen LogP contribution in [0.2, 0.25) is 0 Å². The van der Waals surface area contributed by atoms with Crippen molar-refractivity contribution >= 4 is 0 Å². The lowest BCUT2D eigenvalue weighted by atomic mass is 9.75. The van der Waals surface area contributed by atoms with E-state index in [9.17, 15) is 0 Å². The van der Waals surface area contributed by atoms with Crippen molar-refractivity contribution in [3.8, 4) is 0 Å². The minimum Gasteiger partial charge on any atom is -0.0599 e. The molecule has 0 spiro atoms. The van der Waals surface area contributed by atoms with Gasteiger partial charge in [-0.3, -0.25) is 0 Å². The average molecular weight is 373 g/mol. The van der Waals surface area contributed by atoms with Crippen LogP contribution >= 0.6 is 0 Å². The molecule has 1 saturated carbocycles. The minimum atomic E-state index is 0.260. The van der Waals surface area contributed by atoms with Crippen molar-refractivity contribution in [2.75, 3.05) is 0 Å². The van der Waals surface area contributed by atoms with Crippen LogP contribution in [0.5, 0.6) is 0 Å². The van der Waals surface area contributed by atoms with E-state index in [1.807, 2.05) is 0 Å². The number of benzene rings is 1. The third-order valence-electron chi connectivity index (χ3n) is 6.50. The third kappa shape index (κ3) is 7.63. The minimum absolute atomic E-state index is 0.260. The summed E-state index contributed by atoms with van der Waals surface area (Å²) in [6.45, 7) is 27.8. The van der Waals surface area contributed by atoms with Gasteiger partial charge in [0.05, 0.1) is 0 Å². The molecule has 0 heteroatoms. The van der Waals surface area contributed by atoms with Crippen molar-refractivity contribution < 1.29 is 0 Å².